The quantitative estimate of drug-likeness (QED) is 0.438. The third kappa shape index (κ3) is 5.96. The number of ether oxygens (including phenoxy) is 1. The number of carbonyl (C=O) groups is 3. The number of rotatable bonds is 7. The number of benzene rings is 2. The summed E-state index contributed by atoms with van der Waals surface area (Å²) in [6.45, 7) is 1.19. The molecule has 2 aromatic rings. The SMILES string of the molecule is COCC1=C(C(=O)O)[C@H](c2ccc(F)c(F)c2)N(C(=O)N[C@H]2CC[C@@H](N3CCC(C#N)(c4ccccc4)CC3)C2)C(=O)N1. The molecule has 2 aromatic carbocycles. The molecule has 3 aliphatic rings. The second kappa shape index (κ2) is 12.5. The molecule has 10 nitrogen and oxygen atoms in total. The maximum absolute atomic E-state index is 14.2. The van der Waals surface area contributed by atoms with Gasteiger partial charge in [0.1, 0.15) is 6.04 Å². The van der Waals surface area contributed by atoms with Crippen LogP contribution in [0.1, 0.15) is 49.3 Å². The first kappa shape index (κ1) is 30.1. The monoisotopic (exact) mass is 593 g/mol. The van der Waals surface area contributed by atoms with Gasteiger partial charge in [-0.25, -0.2) is 28.1 Å². The zero-order chi connectivity index (χ0) is 30.7. The molecule has 0 unspecified atom stereocenters. The Hall–Kier alpha value is -4.34. The molecule has 2 heterocycles. The van der Waals surface area contributed by atoms with Gasteiger partial charge in [-0.05, 0) is 55.4 Å². The summed E-state index contributed by atoms with van der Waals surface area (Å²) >= 11 is 0. The van der Waals surface area contributed by atoms with Crippen molar-refractivity contribution in [3.05, 3.63) is 82.6 Å². The molecular formula is C31H33F2N5O5. The Kier molecular flexibility index (Phi) is 8.75. The first-order chi connectivity index (χ1) is 20.7. The topological polar surface area (TPSA) is 135 Å². The molecule has 43 heavy (non-hydrogen) atoms. The third-order valence-electron chi connectivity index (χ3n) is 8.77. The number of nitriles is 1. The number of imide groups is 1. The van der Waals surface area contributed by atoms with Gasteiger partial charge in [-0.1, -0.05) is 36.4 Å². The number of piperidine rings is 1. The van der Waals surface area contributed by atoms with E-state index in [-0.39, 0.29) is 35.5 Å². The van der Waals surface area contributed by atoms with E-state index < -0.39 is 41.1 Å². The van der Waals surface area contributed by atoms with Crippen molar-refractivity contribution in [2.24, 2.45) is 0 Å². The Balaban J connectivity index is 1.31. The number of nitrogens with zero attached hydrogens (tertiary/aromatic N) is 3. The second-order valence-corrected chi connectivity index (χ2v) is 11.2. The van der Waals surface area contributed by atoms with Crippen molar-refractivity contribution in [2.75, 3.05) is 26.8 Å². The molecule has 4 amide bonds. The fourth-order valence-electron chi connectivity index (χ4n) is 6.54. The van der Waals surface area contributed by atoms with Gasteiger partial charge in [0, 0.05) is 32.3 Å². The lowest BCUT2D eigenvalue weighted by molar-refractivity contribution is -0.133. The summed E-state index contributed by atoms with van der Waals surface area (Å²) in [4.78, 5) is 42.2. The molecule has 0 radical (unpaired) electrons. The van der Waals surface area contributed by atoms with Crippen LogP contribution in [0.2, 0.25) is 0 Å². The number of aliphatic carboxylic acids is 1. The maximum atomic E-state index is 14.2. The first-order valence-corrected chi connectivity index (χ1v) is 14.2. The van der Waals surface area contributed by atoms with E-state index in [4.69, 9.17) is 4.74 Å². The van der Waals surface area contributed by atoms with Crippen LogP contribution >= 0.6 is 0 Å². The average Bonchev–Trinajstić information content (AvgIpc) is 3.47. The summed E-state index contributed by atoms with van der Waals surface area (Å²) in [6.07, 6.45) is 3.43. The maximum Gasteiger partial charge on any atom is 0.335 e. The van der Waals surface area contributed by atoms with Crippen LogP contribution < -0.4 is 10.6 Å². The number of methoxy groups -OCH3 is 1. The molecular weight excluding hydrogens is 560 g/mol. The van der Waals surface area contributed by atoms with E-state index in [0.717, 1.165) is 43.3 Å². The summed E-state index contributed by atoms with van der Waals surface area (Å²) < 4.78 is 33.0. The van der Waals surface area contributed by atoms with E-state index in [9.17, 15) is 33.5 Å². The van der Waals surface area contributed by atoms with Crippen LogP contribution in [0.25, 0.3) is 0 Å². The molecule has 3 N–H and O–H groups in total. The smallest absolute Gasteiger partial charge is 0.335 e. The van der Waals surface area contributed by atoms with E-state index in [1.807, 2.05) is 30.3 Å². The molecule has 0 spiro atoms. The van der Waals surface area contributed by atoms with Crippen molar-refractivity contribution in [1.29, 1.82) is 5.26 Å². The van der Waals surface area contributed by atoms with Crippen LogP contribution in [0.3, 0.4) is 0 Å². The molecule has 1 aliphatic carbocycles. The normalized spacial score (nSPS) is 23.9. The molecule has 12 heteroatoms. The summed E-state index contributed by atoms with van der Waals surface area (Å²) in [6, 6.07) is 11.7. The number of hydrogen-bond acceptors (Lipinski definition) is 6. The number of hydrogen-bond donors (Lipinski definition) is 3. The Morgan fingerprint density at radius 2 is 1.86 bits per heavy atom. The van der Waals surface area contributed by atoms with E-state index in [1.165, 1.54) is 7.11 Å². The molecule has 0 aromatic heterocycles. The van der Waals surface area contributed by atoms with Crippen molar-refractivity contribution >= 4 is 18.0 Å². The summed E-state index contributed by atoms with van der Waals surface area (Å²) in [5.41, 5.74) is -0.0647. The van der Waals surface area contributed by atoms with Gasteiger partial charge in [0.15, 0.2) is 11.6 Å². The van der Waals surface area contributed by atoms with Crippen molar-refractivity contribution in [2.45, 2.75) is 55.6 Å². The number of carboxylic acid groups (broad SMARTS) is 1. The van der Waals surface area contributed by atoms with Gasteiger partial charge < -0.3 is 25.4 Å². The van der Waals surface area contributed by atoms with Crippen LogP contribution in [0.15, 0.2) is 59.8 Å². The third-order valence-corrected chi connectivity index (χ3v) is 8.77. The predicted molar refractivity (Wildman–Crippen MR) is 151 cm³/mol. The van der Waals surface area contributed by atoms with Gasteiger partial charge in [0.05, 0.1) is 29.4 Å². The minimum Gasteiger partial charge on any atom is -0.478 e. The Morgan fingerprint density at radius 3 is 2.49 bits per heavy atom. The van der Waals surface area contributed by atoms with Crippen LogP contribution in [-0.4, -0.2) is 71.8 Å². The van der Waals surface area contributed by atoms with Gasteiger partial charge in [0.25, 0.3) is 0 Å². The molecule has 226 valence electrons. The number of halogens is 2. The molecule has 3 atom stereocenters. The highest BCUT2D eigenvalue weighted by molar-refractivity contribution is 6.01. The van der Waals surface area contributed by atoms with Crippen molar-refractivity contribution in [3.8, 4) is 6.07 Å². The van der Waals surface area contributed by atoms with Gasteiger partial charge in [-0.3, -0.25) is 0 Å². The minimum atomic E-state index is -1.53. The number of amides is 4. The van der Waals surface area contributed by atoms with Crippen molar-refractivity contribution in [3.63, 3.8) is 0 Å². The lowest BCUT2D eigenvalue weighted by Gasteiger charge is -2.40. The fourth-order valence-corrected chi connectivity index (χ4v) is 6.54. The lowest BCUT2D eigenvalue weighted by Crippen LogP contribution is -2.56. The standard InChI is InChI=1S/C31H33F2N5O5/c1-43-17-25-26(28(39)40)27(19-7-10-23(32)24(33)15-19)38(30(42)36-25)29(41)35-21-8-9-22(16-21)37-13-11-31(18-34,12-14-37)20-5-3-2-4-6-20/h2-7,10,15,21-22,27H,8-9,11-14,16-17H2,1H3,(H,35,41)(H,36,42)(H,39,40)/t21-,22+,27-/m0/s1. The number of carboxylic acids is 1. The van der Waals surface area contributed by atoms with Gasteiger partial charge in [-0.15, -0.1) is 0 Å². The van der Waals surface area contributed by atoms with E-state index in [2.05, 4.69) is 21.6 Å². The first-order valence-electron chi connectivity index (χ1n) is 14.2. The highest BCUT2D eigenvalue weighted by Gasteiger charge is 2.44. The minimum absolute atomic E-state index is 0.0769. The Labute approximate surface area is 247 Å². The highest BCUT2D eigenvalue weighted by Crippen LogP contribution is 2.38. The van der Waals surface area contributed by atoms with E-state index in [1.54, 1.807) is 0 Å². The summed E-state index contributed by atoms with van der Waals surface area (Å²) in [5, 5.41) is 25.4. The number of urea groups is 2. The van der Waals surface area contributed by atoms with Crippen LogP contribution in [-0.2, 0) is 14.9 Å². The largest absolute Gasteiger partial charge is 0.478 e. The molecule has 2 fully saturated rings. The predicted octanol–water partition coefficient (Wildman–Crippen LogP) is 4.20. The molecule has 1 saturated carbocycles. The van der Waals surface area contributed by atoms with Gasteiger partial charge in [0.2, 0.25) is 0 Å². The summed E-state index contributed by atoms with van der Waals surface area (Å²) in [5.74, 6) is -3.84. The van der Waals surface area contributed by atoms with Gasteiger partial charge >= 0.3 is 18.0 Å². The number of likely N-dealkylation sites (tertiary alicyclic amines) is 1. The molecule has 1 saturated heterocycles. The van der Waals surface area contributed by atoms with Crippen LogP contribution in [0, 0.1) is 23.0 Å². The van der Waals surface area contributed by atoms with Gasteiger partial charge in [-0.2, -0.15) is 5.26 Å². The number of carbonyl (C=O) groups excluding carboxylic acids is 2. The van der Waals surface area contributed by atoms with E-state index >= 15 is 0 Å². The average molecular weight is 594 g/mol. The zero-order valence-corrected chi connectivity index (χ0v) is 23.7. The summed E-state index contributed by atoms with van der Waals surface area (Å²) in [7, 11) is 1.31. The molecule has 2 aliphatic heterocycles. The van der Waals surface area contributed by atoms with E-state index in [0.29, 0.717) is 30.6 Å². The van der Waals surface area contributed by atoms with Crippen molar-refractivity contribution in [1.82, 2.24) is 20.4 Å². The lowest BCUT2D eigenvalue weighted by atomic mass is 9.74. The Bertz CT molecular complexity index is 1470. The van der Waals surface area contributed by atoms with Crippen LogP contribution in [0.5, 0.6) is 0 Å². The van der Waals surface area contributed by atoms with Crippen LogP contribution in [0.4, 0.5) is 18.4 Å². The Morgan fingerprint density at radius 1 is 1.14 bits per heavy atom. The zero-order valence-electron chi connectivity index (χ0n) is 23.7. The fraction of sp³-hybridized carbons (Fsp3) is 0.419. The molecule has 0 bridgehead atoms. The highest BCUT2D eigenvalue weighted by atomic mass is 19.2. The second-order valence-electron chi connectivity index (χ2n) is 11.2. The molecule has 5 rings (SSSR count). The number of nitrogens with one attached hydrogen (secondary N) is 2. The van der Waals surface area contributed by atoms with Crippen molar-refractivity contribution < 1.29 is 33.0 Å².